The Morgan fingerprint density at radius 1 is 1.35 bits per heavy atom. The Morgan fingerprint density at radius 2 is 2.18 bits per heavy atom. The topological polar surface area (TPSA) is 58.4 Å². The molecule has 17 heavy (non-hydrogen) atoms. The van der Waals surface area contributed by atoms with Gasteiger partial charge in [0.1, 0.15) is 0 Å². The lowest BCUT2D eigenvalue weighted by molar-refractivity contribution is 0.0767. The molecule has 1 aromatic rings. The monoisotopic (exact) mass is 297 g/mol. The first-order valence-electron chi connectivity index (χ1n) is 5.74. The second kappa shape index (κ2) is 5.51. The van der Waals surface area contributed by atoms with Crippen molar-refractivity contribution in [2.24, 2.45) is 0 Å². The van der Waals surface area contributed by atoms with Crippen molar-refractivity contribution in [3.05, 3.63) is 28.2 Å². The Labute approximate surface area is 109 Å². The average Bonchev–Trinajstić information content (AvgIpc) is 2.60. The number of nitrogens with one attached hydrogen (secondary N) is 1. The Hall–Kier alpha value is -1.07. The van der Waals surface area contributed by atoms with Crippen LogP contribution in [0.15, 0.2) is 22.7 Å². The lowest BCUT2D eigenvalue weighted by Crippen LogP contribution is -2.34. The van der Waals surface area contributed by atoms with Crippen molar-refractivity contribution in [2.75, 3.05) is 31.9 Å². The fourth-order valence-corrected chi connectivity index (χ4v) is 2.31. The van der Waals surface area contributed by atoms with Gasteiger partial charge in [-0.2, -0.15) is 0 Å². The molecule has 0 aromatic heterocycles. The molecule has 1 heterocycles. The normalized spacial score (nSPS) is 16.6. The third-order valence-electron chi connectivity index (χ3n) is 2.91. The molecule has 1 amide bonds. The SMILES string of the molecule is Nc1c(Br)cccc1C(=O)N1CCCNCC1. The minimum absolute atomic E-state index is 0.0208. The zero-order valence-corrected chi connectivity index (χ0v) is 11.2. The molecule has 1 aliphatic rings. The van der Waals surface area contributed by atoms with Crippen molar-refractivity contribution in [2.45, 2.75) is 6.42 Å². The summed E-state index contributed by atoms with van der Waals surface area (Å²) < 4.78 is 0.774. The van der Waals surface area contributed by atoms with Crippen LogP contribution in [0.2, 0.25) is 0 Å². The number of carbonyl (C=O) groups excluding carboxylic acids is 1. The van der Waals surface area contributed by atoms with Crippen molar-refractivity contribution in [3.63, 3.8) is 0 Å². The number of nitrogens with zero attached hydrogens (tertiary/aromatic N) is 1. The Morgan fingerprint density at radius 3 is 3.00 bits per heavy atom. The number of para-hydroxylation sites is 1. The minimum atomic E-state index is 0.0208. The molecule has 1 fully saturated rings. The van der Waals surface area contributed by atoms with Crippen molar-refractivity contribution in [1.29, 1.82) is 0 Å². The molecule has 4 nitrogen and oxygen atoms in total. The van der Waals surface area contributed by atoms with Gasteiger partial charge in [0.2, 0.25) is 0 Å². The number of nitrogens with two attached hydrogens (primary N) is 1. The van der Waals surface area contributed by atoms with Gasteiger partial charge < -0.3 is 16.0 Å². The van der Waals surface area contributed by atoms with Crippen molar-refractivity contribution in [1.82, 2.24) is 10.2 Å². The molecule has 0 bridgehead atoms. The van der Waals surface area contributed by atoms with Crippen molar-refractivity contribution >= 4 is 27.5 Å². The summed E-state index contributed by atoms with van der Waals surface area (Å²) in [6.45, 7) is 3.35. The van der Waals surface area contributed by atoms with Gasteiger partial charge in [-0.25, -0.2) is 0 Å². The highest BCUT2D eigenvalue weighted by Crippen LogP contribution is 2.24. The zero-order valence-electron chi connectivity index (χ0n) is 9.58. The number of halogens is 1. The van der Waals surface area contributed by atoms with Crippen LogP contribution in [0, 0.1) is 0 Å². The lowest BCUT2D eigenvalue weighted by atomic mass is 10.1. The van der Waals surface area contributed by atoms with Gasteiger partial charge in [0.05, 0.1) is 11.3 Å². The Balaban J connectivity index is 2.20. The number of amides is 1. The van der Waals surface area contributed by atoms with Crippen LogP contribution in [0.25, 0.3) is 0 Å². The van der Waals surface area contributed by atoms with E-state index in [4.69, 9.17) is 5.73 Å². The van der Waals surface area contributed by atoms with Crippen molar-refractivity contribution < 1.29 is 4.79 Å². The van der Waals surface area contributed by atoms with E-state index in [1.807, 2.05) is 17.0 Å². The summed E-state index contributed by atoms with van der Waals surface area (Å²) in [5.41, 5.74) is 7.03. The molecule has 0 radical (unpaired) electrons. The highest BCUT2D eigenvalue weighted by atomic mass is 79.9. The van der Waals surface area contributed by atoms with E-state index in [0.29, 0.717) is 11.3 Å². The Bertz CT molecular complexity index is 414. The maximum absolute atomic E-state index is 12.3. The number of hydrogen-bond donors (Lipinski definition) is 2. The van der Waals surface area contributed by atoms with E-state index in [1.54, 1.807) is 6.07 Å². The highest BCUT2D eigenvalue weighted by molar-refractivity contribution is 9.10. The number of carbonyl (C=O) groups is 1. The first-order valence-corrected chi connectivity index (χ1v) is 6.53. The molecule has 5 heteroatoms. The van der Waals surface area contributed by atoms with Crippen LogP contribution in [-0.2, 0) is 0 Å². The number of anilines is 1. The largest absolute Gasteiger partial charge is 0.397 e. The van der Waals surface area contributed by atoms with Gasteiger partial charge in [-0.3, -0.25) is 4.79 Å². The fraction of sp³-hybridized carbons (Fsp3) is 0.417. The van der Waals surface area contributed by atoms with Gasteiger partial charge in [0, 0.05) is 24.1 Å². The van der Waals surface area contributed by atoms with Crippen LogP contribution in [0.1, 0.15) is 16.8 Å². The maximum Gasteiger partial charge on any atom is 0.256 e. The summed E-state index contributed by atoms with van der Waals surface area (Å²) in [4.78, 5) is 14.2. The standard InChI is InChI=1S/C12H16BrN3O/c13-10-4-1-3-9(11(10)14)12(17)16-7-2-5-15-6-8-16/h1,3-4,15H,2,5-8,14H2. The van der Waals surface area contributed by atoms with Gasteiger partial charge in [-0.1, -0.05) is 6.07 Å². The quantitative estimate of drug-likeness (QED) is 0.772. The van der Waals surface area contributed by atoms with Gasteiger partial charge >= 0.3 is 0 Å². The summed E-state index contributed by atoms with van der Waals surface area (Å²) in [7, 11) is 0. The number of rotatable bonds is 1. The third kappa shape index (κ3) is 2.79. The summed E-state index contributed by atoms with van der Waals surface area (Å²) in [5.74, 6) is 0.0208. The van der Waals surface area contributed by atoms with Crippen LogP contribution < -0.4 is 11.1 Å². The number of hydrogen-bond acceptors (Lipinski definition) is 3. The number of benzene rings is 1. The molecule has 0 spiro atoms. The summed E-state index contributed by atoms with van der Waals surface area (Å²) >= 11 is 3.35. The summed E-state index contributed by atoms with van der Waals surface area (Å²) in [6.07, 6.45) is 0.986. The van der Waals surface area contributed by atoms with Gasteiger partial charge in [-0.15, -0.1) is 0 Å². The van der Waals surface area contributed by atoms with E-state index in [9.17, 15) is 4.79 Å². The van der Waals surface area contributed by atoms with Gasteiger partial charge in [-0.05, 0) is 41.0 Å². The van der Waals surface area contributed by atoms with Crippen LogP contribution in [0.4, 0.5) is 5.69 Å². The second-order valence-corrected chi connectivity index (χ2v) is 4.95. The predicted molar refractivity (Wildman–Crippen MR) is 71.9 cm³/mol. The van der Waals surface area contributed by atoms with Gasteiger partial charge in [0.25, 0.3) is 5.91 Å². The summed E-state index contributed by atoms with van der Waals surface area (Å²) in [6, 6.07) is 5.46. The molecule has 0 unspecified atom stereocenters. The third-order valence-corrected chi connectivity index (χ3v) is 3.60. The van der Waals surface area contributed by atoms with Crippen LogP contribution in [0.3, 0.4) is 0 Å². The molecule has 0 aliphatic carbocycles. The van der Waals surface area contributed by atoms with Gasteiger partial charge in [0.15, 0.2) is 0 Å². The van der Waals surface area contributed by atoms with E-state index in [0.717, 1.165) is 37.1 Å². The zero-order chi connectivity index (χ0) is 12.3. The Kier molecular flexibility index (Phi) is 4.02. The predicted octanol–water partition coefficient (Wildman–Crippen LogP) is 1.47. The highest BCUT2D eigenvalue weighted by Gasteiger charge is 2.19. The first-order chi connectivity index (χ1) is 8.20. The molecule has 0 saturated carbocycles. The molecule has 92 valence electrons. The van der Waals surface area contributed by atoms with E-state index in [-0.39, 0.29) is 5.91 Å². The smallest absolute Gasteiger partial charge is 0.256 e. The lowest BCUT2D eigenvalue weighted by Gasteiger charge is -2.21. The van der Waals surface area contributed by atoms with E-state index in [2.05, 4.69) is 21.2 Å². The second-order valence-electron chi connectivity index (χ2n) is 4.10. The molecule has 3 N–H and O–H groups in total. The van der Waals surface area contributed by atoms with E-state index >= 15 is 0 Å². The summed E-state index contributed by atoms with van der Waals surface area (Å²) in [5, 5.41) is 3.28. The first kappa shape index (κ1) is 12.4. The molecular weight excluding hydrogens is 282 g/mol. The van der Waals surface area contributed by atoms with Crippen LogP contribution in [0.5, 0.6) is 0 Å². The van der Waals surface area contributed by atoms with Crippen LogP contribution in [-0.4, -0.2) is 37.0 Å². The fourth-order valence-electron chi connectivity index (χ4n) is 1.94. The molecule has 1 saturated heterocycles. The molecule has 1 aliphatic heterocycles. The number of nitrogen functional groups attached to an aromatic ring is 1. The maximum atomic E-state index is 12.3. The average molecular weight is 298 g/mol. The molecular formula is C12H16BrN3O. The van der Waals surface area contributed by atoms with E-state index in [1.165, 1.54) is 0 Å². The minimum Gasteiger partial charge on any atom is -0.397 e. The van der Waals surface area contributed by atoms with Crippen molar-refractivity contribution in [3.8, 4) is 0 Å². The molecule has 0 atom stereocenters. The molecule has 1 aromatic carbocycles. The molecule has 2 rings (SSSR count). The van der Waals surface area contributed by atoms with Crippen LogP contribution >= 0.6 is 15.9 Å². The van der Waals surface area contributed by atoms with E-state index < -0.39 is 0 Å².